The Balaban J connectivity index is 1.57. The third kappa shape index (κ3) is 5.86. The third-order valence-electron chi connectivity index (χ3n) is 4.92. The van der Waals surface area contributed by atoms with Gasteiger partial charge in [0.2, 0.25) is 0 Å². The molecule has 0 unspecified atom stereocenters. The van der Waals surface area contributed by atoms with Crippen LogP contribution in [0, 0.1) is 5.92 Å². The van der Waals surface area contributed by atoms with Gasteiger partial charge in [0.1, 0.15) is 0 Å². The molecule has 11 heteroatoms. The standard InChI is InChI=1S/C21H25F3N6O2/c1-14(2)13-25-20(32)26-17-7-8-18(28-27-17)29-9-11-30(12-10-29)19(31)15-5-3-4-6-16(15)21(22,23)24/h3-8,14H,9-13H2,1-2H3,(H2,25,26,27,32). The second kappa shape index (κ2) is 9.84. The lowest BCUT2D eigenvalue weighted by Crippen LogP contribution is -2.49. The van der Waals surface area contributed by atoms with Gasteiger partial charge in [-0.15, -0.1) is 10.2 Å². The number of benzene rings is 1. The zero-order valence-electron chi connectivity index (χ0n) is 17.8. The van der Waals surface area contributed by atoms with Crippen LogP contribution >= 0.6 is 0 Å². The van der Waals surface area contributed by atoms with Gasteiger partial charge in [-0.1, -0.05) is 26.0 Å². The number of nitrogens with zero attached hydrogens (tertiary/aromatic N) is 4. The van der Waals surface area contributed by atoms with Gasteiger partial charge in [-0.3, -0.25) is 10.1 Å². The number of aromatic nitrogens is 2. The maximum atomic E-state index is 13.2. The fourth-order valence-corrected chi connectivity index (χ4v) is 3.24. The molecule has 0 saturated carbocycles. The summed E-state index contributed by atoms with van der Waals surface area (Å²) in [6.07, 6.45) is -4.59. The van der Waals surface area contributed by atoms with E-state index in [2.05, 4.69) is 20.8 Å². The van der Waals surface area contributed by atoms with Gasteiger partial charge in [0.05, 0.1) is 11.1 Å². The van der Waals surface area contributed by atoms with Crippen molar-refractivity contribution in [2.45, 2.75) is 20.0 Å². The van der Waals surface area contributed by atoms with E-state index < -0.39 is 17.6 Å². The summed E-state index contributed by atoms with van der Waals surface area (Å²) in [7, 11) is 0. The van der Waals surface area contributed by atoms with E-state index in [1.165, 1.54) is 23.1 Å². The Bertz CT molecular complexity index is 941. The number of nitrogens with one attached hydrogen (secondary N) is 2. The highest BCUT2D eigenvalue weighted by atomic mass is 19.4. The van der Waals surface area contributed by atoms with Crippen molar-refractivity contribution in [1.29, 1.82) is 0 Å². The number of hydrogen-bond donors (Lipinski definition) is 2. The van der Waals surface area contributed by atoms with Crippen LogP contribution in [0.15, 0.2) is 36.4 Å². The summed E-state index contributed by atoms with van der Waals surface area (Å²) >= 11 is 0. The molecule has 2 aromatic rings. The van der Waals surface area contributed by atoms with E-state index in [1.54, 1.807) is 12.1 Å². The molecule has 1 aliphatic heterocycles. The van der Waals surface area contributed by atoms with Crippen LogP contribution in [0.25, 0.3) is 0 Å². The molecule has 2 heterocycles. The molecule has 1 aromatic heterocycles. The van der Waals surface area contributed by atoms with E-state index in [0.717, 1.165) is 6.07 Å². The molecular weight excluding hydrogens is 425 g/mol. The van der Waals surface area contributed by atoms with E-state index in [0.29, 0.717) is 37.2 Å². The van der Waals surface area contributed by atoms with Crippen LogP contribution in [0.3, 0.4) is 0 Å². The number of carbonyl (C=O) groups is 2. The Morgan fingerprint density at radius 2 is 1.72 bits per heavy atom. The minimum Gasteiger partial charge on any atom is -0.352 e. The van der Waals surface area contributed by atoms with Crippen LogP contribution in [0.1, 0.15) is 29.8 Å². The summed E-state index contributed by atoms with van der Waals surface area (Å²) in [6.45, 7) is 5.81. The van der Waals surface area contributed by atoms with E-state index >= 15 is 0 Å². The quantitative estimate of drug-likeness (QED) is 0.730. The minimum atomic E-state index is -4.59. The van der Waals surface area contributed by atoms with Crippen LogP contribution in [-0.2, 0) is 6.18 Å². The van der Waals surface area contributed by atoms with E-state index in [9.17, 15) is 22.8 Å². The SMILES string of the molecule is CC(C)CNC(=O)Nc1ccc(N2CCN(C(=O)c3ccccc3C(F)(F)F)CC2)nn1. The number of anilines is 2. The Kier molecular flexibility index (Phi) is 7.16. The van der Waals surface area contributed by atoms with Gasteiger partial charge in [-0.05, 0) is 30.2 Å². The van der Waals surface area contributed by atoms with Crippen LogP contribution in [0.4, 0.5) is 29.6 Å². The van der Waals surface area contributed by atoms with Crippen molar-refractivity contribution in [3.05, 3.63) is 47.5 Å². The van der Waals surface area contributed by atoms with E-state index in [1.807, 2.05) is 18.7 Å². The molecule has 0 radical (unpaired) electrons. The van der Waals surface area contributed by atoms with E-state index in [4.69, 9.17) is 0 Å². The molecule has 3 rings (SSSR count). The highest BCUT2D eigenvalue weighted by molar-refractivity contribution is 5.96. The lowest BCUT2D eigenvalue weighted by atomic mass is 10.1. The van der Waals surface area contributed by atoms with Crippen molar-refractivity contribution in [1.82, 2.24) is 20.4 Å². The molecule has 0 bridgehead atoms. The van der Waals surface area contributed by atoms with E-state index in [-0.39, 0.29) is 24.7 Å². The molecule has 1 fully saturated rings. The van der Waals surface area contributed by atoms with Crippen LogP contribution < -0.4 is 15.5 Å². The van der Waals surface area contributed by atoms with Crippen molar-refractivity contribution in [2.24, 2.45) is 5.92 Å². The van der Waals surface area contributed by atoms with Gasteiger partial charge in [0.15, 0.2) is 11.6 Å². The van der Waals surface area contributed by atoms with Gasteiger partial charge in [0, 0.05) is 32.7 Å². The Morgan fingerprint density at radius 1 is 1.03 bits per heavy atom. The second-order valence-corrected chi connectivity index (χ2v) is 7.83. The Labute approximate surface area is 183 Å². The van der Waals surface area contributed by atoms with Crippen molar-refractivity contribution >= 4 is 23.6 Å². The monoisotopic (exact) mass is 450 g/mol. The summed E-state index contributed by atoms with van der Waals surface area (Å²) in [5.74, 6) is 0.533. The number of halogens is 3. The number of amides is 3. The smallest absolute Gasteiger partial charge is 0.352 e. The molecule has 0 spiro atoms. The highest BCUT2D eigenvalue weighted by Gasteiger charge is 2.36. The largest absolute Gasteiger partial charge is 0.417 e. The first-order valence-electron chi connectivity index (χ1n) is 10.2. The predicted octanol–water partition coefficient (Wildman–Crippen LogP) is 3.24. The summed E-state index contributed by atoms with van der Waals surface area (Å²) in [4.78, 5) is 27.8. The van der Waals surface area contributed by atoms with Crippen molar-refractivity contribution < 1.29 is 22.8 Å². The normalized spacial score (nSPS) is 14.4. The fourth-order valence-electron chi connectivity index (χ4n) is 3.24. The Morgan fingerprint density at radius 3 is 2.31 bits per heavy atom. The molecule has 32 heavy (non-hydrogen) atoms. The summed E-state index contributed by atoms with van der Waals surface area (Å²) in [5, 5.41) is 13.4. The number of alkyl halides is 3. The zero-order chi connectivity index (χ0) is 23.3. The number of rotatable bonds is 5. The number of piperazine rings is 1. The maximum Gasteiger partial charge on any atom is 0.417 e. The third-order valence-corrected chi connectivity index (χ3v) is 4.92. The number of urea groups is 1. The first kappa shape index (κ1) is 23.3. The van der Waals surface area contributed by atoms with Gasteiger partial charge >= 0.3 is 12.2 Å². The summed E-state index contributed by atoms with van der Waals surface area (Å²) < 4.78 is 39.7. The summed E-state index contributed by atoms with van der Waals surface area (Å²) in [5.41, 5.74) is -1.28. The van der Waals surface area contributed by atoms with Crippen molar-refractivity contribution in [2.75, 3.05) is 42.9 Å². The Hall–Kier alpha value is -3.37. The lowest BCUT2D eigenvalue weighted by molar-refractivity contribution is -0.138. The first-order valence-corrected chi connectivity index (χ1v) is 10.2. The topological polar surface area (TPSA) is 90.5 Å². The minimum absolute atomic E-state index is 0.254. The molecule has 172 valence electrons. The van der Waals surface area contributed by atoms with Crippen LogP contribution in [0.2, 0.25) is 0 Å². The zero-order valence-corrected chi connectivity index (χ0v) is 17.8. The maximum absolute atomic E-state index is 13.2. The van der Waals surface area contributed by atoms with Gasteiger partial charge < -0.3 is 15.1 Å². The molecule has 1 saturated heterocycles. The number of carbonyl (C=O) groups excluding carboxylic acids is 2. The van der Waals surface area contributed by atoms with Gasteiger partial charge in [-0.2, -0.15) is 13.2 Å². The lowest BCUT2D eigenvalue weighted by Gasteiger charge is -2.35. The predicted molar refractivity (Wildman–Crippen MR) is 113 cm³/mol. The highest BCUT2D eigenvalue weighted by Crippen LogP contribution is 2.32. The molecular formula is C21H25F3N6O2. The van der Waals surface area contributed by atoms with Crippen LogP contribution in [0.5, 0.6) is 0 Å². The van der Waals surface area contributed by atoms with Gasteiger partial charge in [-0.25, -0.2) is 4.79 Å². The summed E-state index contributed by atoms with van der Waals surface area (Å²) in [6, 6.07) is 7.75. The number of hydrogen-bond acceptors (Lipinski definition) is 5. The molecule has 3 amide bonds. The fraction of sp³-hybridized carbons (Fsp3) is 0.429. The molecule has 0 aliphatic carbocycles. The van der Waals surface area contributed by atoms with Crippen molar-refractivity contribution in [3.63, 3.8) is 0 Å². The van der Waals surface area contributed by atoms with Crippen LogP contribution in [-0.4, -0.2) is 59.8 Å². The van der Waals surface area contributed by atoms with Gasteiger partial charge in [0.25, 0.3) is 5.91 Å². The molecule has 8 nitrogen and oxygen atoms in total. The average molecular weight is 450 g/mol. The van der Waals surface area contributed by atoms with Crippen molar-refractivity contribution in [3.8, 4) is 0 Å². The molecule has 1 aliphatic rings. The first-order chi connectivity index (χ1) is 15.1. The molecule has 0 atom stereocenters. The average Bonchev–Trinajstić information content (AvgIpc) is 2.77. The molecule has 2 N–H and O–H groups in total. The molecule has 1 aromatic carbocycles. The second-order valence-electron chi connectivity index (χ2n) is 7.83.